The summed E-state index contributed by atoms with van der Waals surface area (Å²) in [5, 5.41) is 10.3. The van der Waals surface area contributed by atoms with Crippen molar-refractivity contribution in [2.24, 2.45) is 0 Å². The van der Waals surface area contributed by atoms with Crippen molar-refractivity contribution in [2.45, 2.75) is 34.6 Å². The van der Waals surface area contributed by atoms with Crippen LogP contribution in [0.15, 0.2) is 285 Å². The maximum absolute atomic E-state index is 2.39. The molecule has 0 aliphatic rings. The first-order valence-electron chi connectivity index (χ1n) is 28.5. The summed E-state index contributed by atoms with van der Waals surface area (Å²) in [6, 6.07) is 103. The van der Waals surface area contributed by atoms with Crippen LogP contribution in [0, 0.1) is 6.92 Å². The van der Waals surface area contributed by atoms with Gasteiger partial charge in [-0.15, -0.1) is 0 Å². The zero-order valence-corrected chi connectivity index (χ0v) is 46.4. The van der Waals surface area contributed by atoms with Gasteiger partial charge in [0, 0.05) is 65.8 Å². The topological polar surface area (TPSA) is 19.7 Å². The van der Waals surface area contributed by atoms with Gasteiger partial charge in [0.15, 0.2) is 0 Å². The molecule has 16 rings (SSSR count). The Labute approximate surface area is 473 Å². The van der Waals surface area contributed by atoms with Gasteiger partial charge in [-0.1, -0.05) is 215 Å². The molecular formula is C77H62N4. The summed E-state index contributed by atoms with van der Waals surface area (Å²) in [4.78, 5) is 0. The molecule has 0 radical (unpaired) electrons. The quantitative estimate of drug-likeness (QED) is 0.158. The van der Waals surface area contributed by atoms with Crippen LogP contribution in [0.5, 0.6) is 0 Å². The van der Waals surface area contributed by atoms with E-state index in [9.17, 15) is 0 Å². The van der Waals surface area contributed by atoms with Gasteiger partial charge in [0.25, 0.3) is 0 Å². The zero-order valence-electron chi connectivity index (χ0n) is 46.4. The van der Waals surface area contributed by atoms with Crippen molar-refractivity contribution in [1.29, 1.82) is 0 Å². The Kier molecular flexibility index (Phi) is 13.4. The molecule has 81 heavy (non-hydrogen) atoms. The third kappa shape index (κ3) is 8.73. The van der Waals surface area contributed by atoms with E-state index < -0.39 is 0 Å². The van der Waals surface area contributed by atoms with Crippen LogP contribution in [0.4, 0.5) is 0 Å². The monoisotopic (exact) mass is 1040 g/mol. The van der Waals surface area contributed by atoms with Gasteiger partial charge in [-0.3, -0.25) is 0 Å². The largest absolute Gasteiger partial charge is 0.309 e. The minimum Gasteiger partial charge on any atom is -0.309 e. The number of nitrogens with zero attached hydrogens (tertiary/aromatic N) is 4. The first kappa shape index (κ1) is 50.4. The Morgan fingerprint density at radius 1 is 0.185 bits per heavy atom. The summed E-state index contributed by atoms with van der Waals surface area (Å²) in [6.45, 7) is 10.2. The molecule has 0 bridgehead atoms. The Hall–Kier alpha value is -10.2. The van der Waals surface area contributed by atoms with Crippen molar-refractivity contribution in [1.82, 2.24) is 18.3 Å². The number of hydrogen-bond acceptors (Lipinski definition) is 0. The van der Waals surface area contributed by atoms with E-state index in [4.69, 9.17) is 0 Å². The van der Waals surface area contributed by atoms with Gasteiger partial charge >= 0.3 is 0 Å². The van der Waals surface area contributed by atoms with Crippen molar-refractivity contribution < 1.29 is 0 Å². The van der Waals surface area contributed by atoms with Crippen LogP contribution in [-0.2, 0) is 0 Å². The van der Waals surface area contributed by atoms with Crippen molar-refractivity contribution in [2.75, 3.05) is 0 Å². The summed E-state index contributed by atoms with van der Waals surface area (Å²) in [6.07, 6.45) is 0. The third-order valence-corrected chi connectivity index (χ3v) is 15.7. The van der Waals surface area contributed by atoms with Gasteiger partial charge in [0.1, 0.15) is 0 Å². The lowest BCUT2D eigenvalue weighted by atomic mass is 10.0. The number of para-hydroxylation sites is 7. The lowest BCUT2D eigenvalue weighted by Crippen LogP contribution is -1.96. The molecule has 4 heterocycles. The maximum Gasteiger partial charge on any atom is 0.0541 e. The highest BCUT2D eigenvalue weighted by molar-refractivity contribution is 6.12. The van der Waals surface area contributed by atoms with E-state index in [1.165, 1.54) is 138 Å². The lowest BCUT2D eigenvalue weighted by molar-refractivity contribution is 1.17. The van der Waals surface area contributed by atoms with E-state index >= 15 is 0 Å². The third-order valence-electron chi connectivity index (χ3n) is 15.7. The molecule has 4 nitrogen and oxygen atoms in total. The smallest absolute Gasteiger partial charge is 0.0541 e. The second kappa shape index (κ2) is 21.6. The molecule has 0 fully saturated rings. The molecule has 4 heteroatoms. The number of aryl methyl sites for hydroxylation is 1. The summed E-state index contributed by atoms with van der Waals surface area (Å²) in [5.74, 6) is 0. The van der Waals surface area contributed by atoms with Gasteiger partial charge in [0.2, 0.25) is 0 Å². The average Bonchev–Trinajstić information content (AvgIpc) is 4.34. The van der Waals surface area contributed by atoms with Gasteiger partial charge in [-0.25, -0.2) is 0 Å². The lowest BCUT2D eigenvalue weighted by Gasteiger charge is -2.12. The van der Waals surface area contributed by atoms with Crippen LogP contribution in [-0.4, -0.2) is 18.3 Å². The SMILES string of the molecule is CC.CC.Cc1ccc2c(c1)c1ccccc1n2-c1cccc(-c2cccc(-n3c4ccccc4c4ccccc43)c2)c1.c1cc(-c2cccc(-n3c4ccccc4c4ccccc43)c2)cc(-n2c3ccccc3c3ccccc32)c1. The molecule has 0 aliphatic heterocycles. The van der Waals surface area contributed by atoms with E-state index in [0.717, 1.165) is 0 Å². The average molecular weight is 1040 g/mol. The van der Waals surface area contributed by atoms with E-state index in [2.05, 4.69) is 310 Å². The van der Waals surface area contributed by atoms with Gasteiger partial charge in [0.05, 0.1) is 44.1 Å². The molecule has 0 saturated heterocycles. The first-order valence-corrected chi connectivity index (χ1v) is 28.5. The van der Waals surface area contributed by atoms with E-state index in [1.54, 1.807) is 0 Å². The molecule has 0 N–H and O–H groups in total. The van der Waals surface area contributed by atoms with Crippen LogP contribution in [0.2, 0.25) is 0 Å². The predicted molar refractivity (Wildman–Crippen MR) is 349 cm³/mol. The van der Waals surface area contributed by atoms with Crippen LogP contribution in [0.1, 0.15) is 33.3 Å². The fourth-order valence-corrected chi connectivity index (χ4v) is 12.3. The first-order chi connectivity index (χ1) is 40.1. The highest BCUT2D eigenvalue weighted by atomic mass is 15.0. The molecule has 16 aromatic rings. The highest BCUT2D eigenvalue weighted by Crippen LogP contribution is 2.39. The number of hydrogen-bond donors (Lipinski definition) is 0. The highest BCUT2D eigenvalue weighted by Gasteiger charge is 2.17. The summed E-state index contributed by atoms with van der Waals surface area (Å²) in [7, 11) is 0. The van der Waals surface area contributed by atoms with Gasteiger partial charge in [-0.05, 0) is 132 Å². The molecule has 390 valence electrons. The summed E-state index contributed by atoms with van der Waals surface area (Å²) in [5.41, 5.74) is 20.6. The van der Waals surface area contributed by atoms with Crippen LogP contribution >= 0.6 is 0 Å². The van der Waals surface area contributed by atoms with E-state index in [-0.39, 0.29) is 0 Å². The normalized spacial score (nSPS) is 11.3. The Morgan fingerprint density at radius 2 is 0.395 bits per heavy atom. The van der Waals surface area contributed by atoms with Crippen molar-refractivity contribution in [3.63, 3.8) is 0 Å². The van der Waals surface area contributed by atoms with Crippen molar-refractivity contribution >= 4 is 87.2 Å². The van der Waals surface area contributed by atoms with Crippen molar-refractivity contribution in [3.8, 4) is 45.0 Å². The van der Waals surface area contributed by atoms with Crippen LogP contribution in [0.3, 0.4) is 0 Å². The van der Waals surface area contributed by atoms with E-state index in [1.807, 2.05) is 27.7 Å². The number of rotatable bonds is 6. The molecule has 0 unspecified atom stereocenters. The van der Waals surface area contributed by atoms with Crippen LogP contribution in [0.25, 0.3) is 132 Å². The number of aromatic nitrogens is 4. The fourth-order valence-electron chi connectivity index (χ4n) is 12.3. The van der Waals surface area contributed by atoms with Gasteiger partial charge < -0.3 is 18.3 Å². The second-order valence-corrected chi connectivity index (χ2v) is 20.2. The molecule has 4 aromatic heterocycles. The molecule has 0 aliphatic carbocycles. The minimum absolute atomic E-state index is 1.17. The maximum atomic E-state index is 2.39. The molecule has 12 aromatic carbocycles. The minimum atomic E-state index is 1.17. The Morgan fingerprint density at radius 3 is 0.642 bits per heavy atom. The van der Waals surface area contributed by atoms with Gasteiger partial charge in [-0.2, -0.15) is 0 Å². The van der Waals surface area contributed by atoms with Crippen LogP contribution < -0.4 is 0 Å². The van der Waals surface area contributed by atoms with Crippen molar-refractivity contribution in [3.05, 3.63) is 291 Å². The number of fused-ring (bicyclic) bond motifs is 12. The predicted octanol–water partition coefficient (Wildman–Crippen LogP) is 21.5. The molecular weight excluding hydrogens is 981 g/mol. The number of benzene rings is 12. The fraction of sp³-hybridized carbons (Fsp3) is 0.0649. The second-order valence-electron chi connectivity index (χ2n) is 20.2. The molecule has 0 atom stereocenters. The standard InChI is InChI=1S/C37H26N2.C36H24N2.2C2H6/c1-25-20-21-37-33(22-25)32-16-4-7-19-36(32)39(37)29-13-9-11-27(24-29)26-10-8-12-28(23-26)38-34-17-5-2-14-30(34)31-15-3-6-18-35(31)38;1-5-19-33-29(15-1)30-16-2-6-20-34(30)37(33)27-13-9-11-25(23-27)26-12-10-14-28(24-26)38-35-21-7-3-17-31(35)32-18-4-8-22-36(32)38;2*1-2/h2-24H,1H3;1-24H;2*1-2H3. The zero-order chi connectivity index (χ0) is 55.0. The molecule has 0 spiro atoms. The van der Waals surface area contributed by atoms with E-state index in [0.29, 0.717) is 0 Å². The summed E-state index contributed by atoms with van der Waals surface area (Å²) < 4.78 is 9.54. The molecule has 0 amide bonds. The molecule has 0 saturated carbocycles. The summed E-state index contributed by atoms with van der Waals surface area (Å²) >= 11 is 0. The Balaban J connectivity index is 0.000000144. The Bertz CT molecular complexity index is 4640.